The summed E-state index contributed by atoms with van der Waals surface area (Å²) in [5.74, 6) is 0.470. The molecule has 2 heterocycles. The number of primary amides is 1. The molecule has 2 amide bonds. The second kappa shape index (κ2) is 12.0. The average Bonchev–Trinajstić information content (AvgIpc) is 3.18. The highest BCUT2D eigenvalue weighted by atomic mass is 35.5. The quantitative estimate of drug-likeness (QED) is 0.562. The van der Waals surface area contributed by atoms with E-state index in [-0.39, 0.29) is 48.5 Å². The summed E-state index contributed by atoms with van der Waals surface area (Å²) in [5.41, 5.74) is 14.3. The van der Waals surface area contributed by atoms with Gasteiger partial charge < -0.3 is 16.8 Å². The molecule has 176 valence electrons. The molecule has 0 aliphatic carbocycles. The molecule has 1 saturated heterocycles. The van der Waals surface area contributed by atoms with Crippen molar-refractivity contribution in [3.8, 4) is 0 Å². The number of likely N-dealkylation sites (tertiary alicyclic amines) is 1. The molecule has 5 N–H and O–H groups in total. The highest BCUT2D eigenvalue weighted by Crippen LogP contribution is 2.35. The Morgan fingerprint density at radius 3 is 2.41 bits per heavy atom. The van der Waals surface area contributed by atoms with Crippen LogP contribution in [0.2, 0.25) is 0 Å². The Labute approximate surface area is 202 Å². The molecule has 1 fully saturated rings. The zero-order chi connectivity index (χ0) is 21.8. The monoisotopic (exact) mass is 481 g/mol. The largest absolute Gasteiger partial charge is 0.384 e. The fraction of sp³-hybridized carbons (Fsp3) is 0.435. The first-order chi connectivity index (χ1) is 14.3. The van der Waals surface area contributed by atoms with Crippen LogP contribution in [0.5, 0.6) is 0 Å². The van der Waals surface area contributed by atoms with Gasteiger partial charge in [0.1, 0.15) is 5.82 Å². The molecule has 4 atom stereocenters. The first-order valence-corrected chi connectivity index (χ1v) is 10.4. The van der Waals surface area contributed by atoms with Crippen LogP contribution in [0.25, 0.3) is 0 Å². The van der Waals surface area contributed by atoms with E-state index in [0.717, 1.165) is 11.3 Å². The third-order valence-corrected chi connectivity index (χ3v) is 6.28. The first kappa shape index (κ1) is 27.7. The Hall–Kier alpha value is -2.35. The smallest absolute Gasteiger partial charge is 0.237 e. The minimum absolute atomic E-state index is 0. The molecule has 3 rings (SSSR count). The van der Waals surface area contributed by atoms with Gasteiger partial charge in [0.05, 0.1) is 12.1 Å². The molecule has 1 aromatic carbocycles. The van der Waals surface area contributed by atoms with Crippen LogP contribution in [-0.4, -0.2) is 40.3 Å². The lowest BCUT2D eigenvalue weighted by Crippen LogP contribution is -2.51. The van der Waals surface area contributed by atoms with E-state index >= 15 is 0 Å². The molecular weight excluding hydrogens is 449 g/mol. The second-order valence-electron chi connectivity index (χ2n) is 8.18. The fourth-order valence-electron chi connectivity index (χ4n) is 4.27. The van der Waals surface area contributed by atoms with Crippen molar-refractivity contribution in [3.05, 3.63) is 59.3 Å². The molecule has 0 saturated carbocycles. The summed E-state index contributed by atoms with van der Waals surface area (Å²) in [6.07, 6.45) is 0.657. The van der Waals surface area contributed by atoms with Crippen LogP contribution in [0.15, 0.2) is 42.5 Å². The van der Waals surface area contributed by atoms with Crippen molar-refractivity contribution in [2.24, 2.45) is 11.7 Å². The number of aromatic nitrogens is 1. The van der Waals surface area contributed by atoms with E-state index < -0.39 is 12.1 Å². The predicted molar refractivity (Wildman–Crippen MR) is 132 cm³/mol. The van der Waals surface area contributed by atoms with Crippen molar-refractivity contribution in [2.45, 2.75) is 51.7 Å². The standard InChI is InChI=1S/C23H31N5O2.2ClH/c1-14(17-7-5-4-6-8-17)19-11-20(22(25)29)28(13-19)16(3)23(30)26-12-18-9-10-21(24)27-15(18)2;;/h4-10,14,16,19-20H,11-13H2,1-3H3,(H2,24,27)(H2,25,29)(H,26,30);2*1H/t14?,16-,19?,20?;;/m0../s1. The molecule has 0 radical (unpaired) electrons. The first-order valence-electron chi connectivity index (χ1n) is 10.4. The minimum Gasteiger partial charge on any atom is -0.384 e. The maximum absolute atomic E-state index is 12.8. The van der Waals surface area contributed by atoms with E-state index in [1.165, 1.54) is 5.56 Å². The molecule has 7 nitrogen and oxygen atoms in total. The Bertz CT molecular complexity index is 913. The normalized spacial score (nSPS) is 19.8. The Morgan fingerprint density at radius 1 is 1.16 bits per heavy atom. The maximum atomic E-state index is 12.8. The number of anilines is 1. The lowest BCUT2D eigenvalue weighted by atomic mass is 9.86. The molecule has 32 heavy (non-hydrogen) atoms. The van der Waals surface area contributed by atoms with Crippen LogP contribution in [0.4, 0.5) is 5.82 Å². The van der Waals surface area contributed by atoms with Crippen LogP contribution in [0.1, 0.15) is 43.0 Å². The van der Waals surface area contributed by atoms with E-state index in [1.54, 1.807) is 6.07 Å². The molecule has 0 bridgehead atoms. The summed E-state index contributed by atoms with van der Waals surface area (Å²) >= 11 is 0. The summed E-state index contributed by atoms with van der Waals surface area (Å²) in [4.78, 5) is 31.1. The van der Waals surface area contributed by atoms with Gasteiger partial charge in [0.15, 0.2) is 0 Å². The van der Waals surface area contributed by atoms with Crippen molar-refractivity contribution in [1.82, 2.24) is 15.2 Å². The van der Waals surface area contributed by atoms with Gasteiger partial charge in [-0.25, -0.2) is 4.98 Å². The number of aryl methyl sites for hydroxylation is 1. The molecule has 2 aromatic rings. The van der Waals surface area contributed by atoms with E-state index in [4.69, 9.17) is 11.5 Å². The summed E-state index contributed by atoms with van der Waals surface area (Å²) in [6.45, 7) is 6.88. The zero-order valence-electron chi connectivity index (χ0n) is 18.7. The van der Waals surface area contributed by atoms with Gasteiger partial charge in [0.25, 0.3) is 0 Å². The topological polar surface area (TPSA) is 114 Å². The summed E-state index contributed by atoms with van der Waals surface area (Å²) in [7, 11) is 0. The van der Waals surface area contributed by atoms with Crippen molar-refractivity contribution in [1.29, 1.82) is 0 Å². The SMILES string of the molecule is Cc1nc(N)ccc1CNC(=O)[C@H](C)N1CC(C(C)c2ccccc2)CC1C(N)=O.Cl.Cl. The maximum Gasteiger partial charge on any atom is 0.237 e. The number of benzene rings is 1. The highest BCUT2D eigenvalue weighted by molar-refractivity contribution is 5.86. The number of nitrogens with one attached hydrogen (secondary N) is 1. The number of pyridine rings is 1. The van der Waals surface area contributed by atoms with Gasteiger partial charge in [-0.3, -0.25) is 14.5 Å². The number of carbonyl (C=O) groups excluding carboxylic acids is 2. The van der Waals surface area contributed by atoms with Crippen LogP contribution in [0.3, 0.4) is 0 Å². The molecular formula is C23H33Cl2N5O2. The third-order valence-electron chi connectivity index (χ3n) is 6.28. The van der Waals surface area contributed by atoms with Gasteiger partial charge >= 0.3 is 0 Å². The third kappa shape index (κ3) is 6.34. The number of hydrogen-bond donors (Lipinski definition) is 3. The molecule has 0 spiro atoms. The van der Waals surface area contributed by atoms with Crippen molar-refractivity contribution in [2.75, 3.05) is 12.3 Å². The lowest BCUT2D eigenvalue weighted by molar-refractivity contribution is -0.129. The Balaban J connectivity index is 0.00000256. The number of nitrogens with two attached hydrogens (primary N) is 2. The number of nitrogen functional groups attached to an aromatic ring is 1. The molecule has 1 aliphatic rings. The Kier molecular flexibility index (Phi) is 10.4. The zero-order valence-corrected chi connectivity index (χ0v) is 20.3. The summed E-state index contributed by atoms with van der Waals surface area (Å²) in [5, 5.41) is 2.96. The van der Waals surface area contributed by atoms with Crippen molar-refractivity contribution < 1.29 is 9.59 Å². The van der Waals surface area contributed by atoms with Gasteiger partial charge in [-0.15, -0.1) is 24.8 Å². The highest BCUT2D eigenvalue weighted by Gasteiger charge is 2.42. The summed E-state index contributed by atoms with van der Waals surface area (Å²) < 4.78 is 0. The van der Waals surface area contributed by atoms with Crippen LogP contribution in [0, 0.1) is 12.8 Å². The number of amides is 2. The molecule has 1 aromatic heterocycles. The van der Waals surface area contributed by atoms with Gasteiger partial charge in [-0.2, -0.15) is 0 Å². The molecule has 9 heteroatoms. The average molecular weight is 482 g/mol. The van der Waals surface area contributed by atoms with Gasteiger partial charge in [0.2, 0.25) is 11.8 Å². The van der Waals surface area contributed by atoms with Crippen molar-refractivity contribution >= 4 is 42.4 Å². The van der Waals surface area contributed by atoms with E-state index in [0.29, 0.717) is 25.3 Å². The van der Waals surface area contributed by atoms with E-state index in [1.807, 2.05) is 43.0 Å². The number of hydrogen-bond acceptors (Lipinski definition) is 5. The number of carbonyl (C=O) groups is 2. The molecule has 1 aliphatic heterocycles. The van der Waals surface area contributed by atoms with Gasteiger partial charge in [-0.05, 0) is 49.3 Å². The van der Waals surface area contributed by atoms with Crippen LogP contribution < -0.4 is 16.8 Å². The fourth-order valence-corrected chi connectivity index (χ4v) is 4.27. The van der Waals surface area contributed by atoms with Crippen LogP contribution in [-0.2, 0) is 16.1 Å². The van der Waals surface area contributed by atoms with E-state index in [9.17, 15) is 9.59 Å². The molecule has 3 unspecified atom stereocenters. The summed E-state index contributed by atoms with van der Waals surface area (Å²) in [6, 6.07) is 12.9. The lowest BCUT2D eigenvalue weighted by Gasteiger charge is -2.28. The Morgan fingerprint density at radius 2 is 1.81 bits per heavy atom. The number of rotatable bonds is 7. The second-order valence-corrected chi connectivity index (χ2v) is 8.18. The van der Waals surface area contributed by atoms with Crippen LogP contribution >= 0.6 is 24.8 Å². The predicted octanol–water partition coefficient (Wildman–Crippen LogP) is 2.80. The van der Waals surface area contributed by atoms with Gasteiger partial charge in [0, 0.05) is 18.8 Å². The number of halogens is 2. The van der Waals surface area contributed by atoms with E-state index in [2.05, 4.69) is 29.4 Å². The van der Waals surface area contributed by atoms with Crippen molar-refractivity contribution in [3.63, 3.8) is 0 Å². The minimum atomic E-state index is -0.461. The number of nitrogens with zero attached hydrogens (tertiary/aromatic N) is 2. The van der Waals surface area contributed by atoms with Gasteiger partial charge in [-0.1, -0.05) is 43.3 Å².